The van der Waals surface area contributed by atoms with Gasteiger partial charge in [-0.25, -0.2) is 4.98 Å². The Balaban J connectivity index is 1.48. The predicted octanol–water partition coefficient (Wildman–Crippen LogP) is 2.38. The van der Waals surface area contributed by atoms with Crippen LogP contribution >= 0.6 is 0 Å². The summed E-state index contributed by atoms with van der Waals surface area (Å²) in [5.74, 6) is -0.356. The van der Waals surface area contributed by atoms with E-state index in [0.717, 1.165) is 16.5 Å². The largest absolute Gasteiger partial charge is 0.361 e. The Morgan fingerprint density at radius 1 is 1.04 bits per heavy atom. The maximum atomic E-state index is 12.3. The van der Waals surface area contributed by atoms with Crippen molar-refractivity contribution in [3.05, 3.63) is 76.5 Å². The number of amides is 1. The van der Waals surface area contributed by atoms with E-state index >= 15 is 0 Å². The second-order valence-corrected chi connectivity index (χ2v) is 5.80. The first-order chi connectivity index (χ1) is 12.2. The molecule has 2 heterocycles. The van der Waals surface area contributed by atoms with Crippen molar-refractivity contribution in [1.29, 1.82) is 0 Å². The van der Waals surface area contributed by atoms with Crippen LogP contribution in [-0.2, 0) is 6.42 Å². The van der Waals surface area contributed by atoms with Gasteiger partial charge in [-0.3, -0.25) is 9.59 Å². The van der Waals surface area contributed by atoms with Gasteiger partial charge in [-0.1, -0.05) is 30.3 Å². The first-order valence-corrected chi connectivity index (χ1v) is 8.04. The summed E-state index contributed by atoms with van der Waals surface area (Å²) < 4.78 is 0. The second kappa shape index (κ2) is 6.24. The van der Waals surface area contributed by atoms with E-state index < -0.39 is 0 Å². The molecule has 0 unspecified atom stereocenters. The highest BCUT2D eigenvalue weighted by molar-refractivity contribution is 5.92. The second-order valence-electron chi connectivity index (χ2n) is 5.80. The average molecular weight is 332 g/mol. The average Bonchev–Trinajstić information content (AvgIpc) is 3.05. The molecule has 0 saturated heterocycles. The quantitative estimate of drug-likeness (QED) is 0.536. The number of rotatable bonds is 4. The molecule has 1 amide bonds. The fourth-order valence-electron chi connectivity index (χ4n) is 2.93. The fourth-order valence-corrected chi connectivity index (χ4v) is 2.93. The maximum absolute atomic E-state index is 12.3. The van der Waals surface area contributed by atoms with Gasteiger partial charge < -0.3 is 15.3 Å². The van der Waals surface area contributed by atoms with Gasteiger partial charge in [0.2, 0.25) is 0 Å². The zero-order chi connectivity index (χ0) is 17.2. The van der Waals surface area contributed by atoms with E-state index in [1.807, 2.05) is 30.5 Å². The van der Waals surface area contributed by atoms with Crippen molar-refractivity contribution in [1.82, 2.24) is 20.3 Å². The maximum Gasteiger partial charge on any atom is 0.287 e. The number of benzene rings is 2. The van der Waals surface area contributed by atoms with Gasteiger partial charge in [0.15, 0.2) is 5.82 Å². The zero-order valence-electron chi connectivity index (χ0n) is 13.4. The molecular weight excluding hydrogens is 316 g/mol. The van der Waals surface area contributed by atoms with Gasteiger partial charge in [0, 0.05) is 23.6 Å². The minimum absolute atomic E-state index is 0.0302. The van der Waals surface area contributed by atoms with E-state index in [0.29, 0.717) is 23.9 Å². The predicted molar refractivity (Wildman–Crippen MR) is 96.7 cm³/mol. The summed E-state index contributed by atoms with van der Waals surface area (Å²) in [4.78, 5) is 34.3. The van der Waals surface area contributed by atoms with E-state index in [1.54, 1.807) is 24.3 Å². The molecule has 4 aromatic rings. The minimum atomic E-state index is -0.386. The van der Waals surface area contributed by atoms with Gasteiger partial charge in [-0.05, 0) is 30.2 Å². The third kappa shape index (κ3) is 2.89. The molecule has 4 rings (SSSR count). The van der Waals surface area contributed by atoms with Gasteiger partial charge in [0.05, 0.1) is 10.9 Å². The van der Waals surface area contributed by atoms with Crippen molar-refractivity contribution >= 4 is 27.7 Å². The van der Waals surface area contributed by atoms with Crippen LogP contribution in [0.4, 0.5) is 0 Å². The van der Waals surface area contributed by atoms with E-state index in [-0.39, 0.29) is 17.3 Å². The lowest BCUT2D eigenvalue weighted by Gasteiger charge is -2.05. The summed E-state index contributed by atoms with van der Waals surface area (Å²) in [7, 11) is 0. The topological polar surface area (TPSA) is 90.6 Å². The number of aromatic amines is 2. The SMILES string of the molecule is O=C(NCCc1c[nH]c2ccccc12)c1nc2ccccc2c(=O)[nH]1. The van der Waals surface area contributed by atoms with E-state index in [2.05, 4.69) is 20.3 Å². The van der Waals surface area contributed by atoms with Gasteiger partial charge in [0.25, 0.3) is 11.5 Å². The molecule has 0 saturated carbocycles. The standard InChI is InChI=1S/C19H16N4O2/c24-18-14-6-2-4-8-16(14)22-17(23-18)19(25)20-10-9-12-11-21-15-7-3-1-5-13(12)15/h1-8,11,21H,9-10H2,(H,20,25)(H,22,23,24). The van der Waals surface area contributed by atoms with E-state index in [9.17, 15) is 9.59 Å². The molecule has 6 nitrogen and oxygen atoms in total. The number of fused-ring (bicyclic) bond motifs is 2. The van der Waals surface area contributed by atoms with Crippen molar-refractivity contribution in [3.63, 3.8) is 0 Å². The molecule has 3 N–H and O–H groups in total. The number of para-hydroxylation sites is 2. The van der Waals surface area contributed by atoms with Gasteiger partial charge in [0.1, 0.15) is 0 Å². The van der Waals surface area contributed by atoms with Crippen molar-refractivity contribution in [2.24, 2.45) is 0 Å². The van der Waals surface area contributed by atoms with Crippen LogP contribution in [0.15, 0.2) is 59.5 Å². The lowest BCUT2D eigenvalue weighted by molar-refractivity contribution is 0.0944. The Bertz CT molecular complexity index is 1130. The number of H-pyrrole nitrogens is 2. The summed E-state index contributed by atoms with van der Waals surface area (Å²) in [5.41, 5.74) is 2.40. The summed E-state index contributed by atoms with van der Waals surface area (Å²) in [6.45, 7) is 0.456. The van der Waals surface area contributed by atoms with Crippen LogP contribution in [0.5, 0.6) is 0 Å². The fraction of sp³-hybridized carbons (Fsp3) is 0.105. The van der Waals surface area contributed by atoms with Gasteiger partial charge in [-0.15, -0.1) is 0 Å². The van der Waals surface area contributed by atoms with Crippen molar-refractivity contribution in [2.75, 3.05) is 6.54 Å². The lowest BCUT2D eigenvalue weighted by Crippen LogP contribution is -2.29. The van der Waals surface area contributed by atoms with Crippen molar-refractivity contribution in [3.8, 4) is 0 Å². The number of nitrogens with zero attached hydrogens (tertiary/aromatic N) is 1. The number of carbonyl (C=O) groups is 1. The summed E-state index contributed by atoms with van der Waals surface area (Å²) >= 11 is 0. The molecule has 0 spiro atoms. The Morgan fingerprint density at radius 2 is 1.80 bits per heavy atom. The number of carbonyl (C=O) groups excluding carboxylic acids is 1. The van der Waals surface area contributed by atoms with Crippen LogP contribution in [0.25, 0.3) is 21.8 Å². The molecule has 0 radical (unpaired) electrons. The van der Waals surface area contributed by atoms with Gasteiger partial charge in [-0.2, -0.15) is 0 Å². The zero-order valence-corrected chi connectivity index (χ0v) is 13.4. The summed E-state index contributed by atoms with van der Waals surface area (Å²) in [5, 5.41) is 4.43. The first-order valence-electron chi connectivity index (χ1n) is 8.04. The number of hydrogen-bond acceptors (Lipinski definition) is 3. The Kier molecular flexibility index (Phi) is 3.78. The Morgan fingerprint density at radius 3 is 2.68 bits per heavy atom. The highest BCUT2D eigenvalue weighted by atomic mass is 16.2. The third-order valence-corrected chi connectivity index (χ3v) is 4.18. The monoisotopic (exact) mass is 332 g/mol. The molecule has 6 heteroatoms. The van der Waals surface area contributed by atoms with Crippen LogP contribution in [0.2, 0.25) is 0 Å². The van der Waals surface area contributed by atoms with Crippen LogP contribution in [0.3, 0.4) is 0 Å². The summed E-state index contributed by atoms with van der Waals surface area (Å²) in [6, 6.07) is 15.0. The van der Waals surface area contributed by atoms with E-state index in [1.165, 1.54) is 0 Å². The molecule has 0 aliphatic carbocycles. The first kappa shape index (κ1) is 15.1. The molecule has 0 fully saturated rings. The molecule has 0 atom stereocenters. The molecular formula is C19H16N4O2. The highest BCUT2D eigenvalue weighted by Crippen LogP contribution is 2.17. The lowest BCUT2D eigenvalue weighted by atomic mass is 10.1. The number of nitrogens with one attached hydrogen (secondary N) is 3. The van der Waals surface area contributed by atoms with Crippen LogP contribution in [-0.4, -0.2) is 27.4 Å². The number of hydrogen-bond donors (Lipinski definition) is 3. The van der Waals surface area contributed by atoms with Crippen LogP contribution < -0.4 is 10.9 Å². The van der Waals surface area contributed by atoms with E-state index in [4.69, 9.17) is 0 Å². The summed E-state index contributed by atoms with van der Waals surface area (Å²) in [6.07, 6.45) is 2.64. The number of aromatic nitrogens is 3. The van der Waals surface area contributed by atoms with Crippen LogP contribution in [0.1, 0.15) is 16.2 Å². The smallest absolute Gasteiger partial charge is 0.287 e. The van der Waals surface area contributed by atoms with Crippen molar-refractivity contribution < 1.29 is 4.79 Å². The molecule has 2 aromatic carbocycles. The van der Waals surface area contributed by atoms with Crippen LogP contribution in [0, 0.1) is 0 Å². The third-order valence-electron chi connectivity index (χ3n) is 4.18. The molecule has 0 bridgehead atoms. The van der Waals surface area contributed by atoms with Gasteiger partial charge >= 0.3 is 0 Å². The molecule has 124 valence electrons. The molecule has 0 aliphatic heterocycles. The normalized spacial score (nSPS) is 11.0. The Hall–Kier alpha value is -3.41. The molecule has 2 aromatic heterocycles. The van der Waals surface area contributed by atoms with Crippen molar-refractivity contribution in [2.45, 2.75) is 6.42 Å². The molecule has 0 aliphatic rings. The Labute approximate surface area is 142 Å². The molecule has 25 heavy (non-hydrogen) atoms. The highest BCUT2D eigenvalue weighted by Gasteiger charge is 2.11. The minimum Gasteiger partial charge on any atom is -0.361 e.